The molecule has 0 radical (unpaired) electrons. The second-order valence-electron chi connectivity index (χ2n) is 8.75. The summed E-state index contributed by atoms with van der Waals surface area (Å²) in [6, 6.07) is 20.5. The van der Waals surface area contributed by atoms with Crippen molar-refractivity contribution in [1.29, 1.82) is 0 Å². The molecule has 0 saturated carbocycles. The lowest BCUT2D eigenvalue weighted by Crippen LogP contribution is -2.27. The summed E-state index contributed by atoms with van der Waals surface area (Å²) in [4.78, 5) is 17.6. The summed E-state index contributed by atoms with van der Waals surface area (Å²) < 4.78 is 1.83. The second kappa shape index (κ2) is 9.41. The van der Waals surface area contributed by atoms with Crippen LogP contribution < -0.4 is 5.32 Å². The highest BCUT2D eigenvalue weighted by Gasteiger charge is 2.21. The minimum Gasteiger partial charge on any atom is -0.345 e. The fraction of sp³-hybridized carbons (Fsp3) is 0.250. The molecule has 33 heavy (non-hydrogen) atoms. The Hall–Kier alpha value is -3.73. The largest absolute Gasteiger partial charge is 0.345 e. The van der Waals surface area contributed by atoms with E-state index < -0.39 is 0 Å². The number of benzene rings is 2. The summed E-state index contributed by atoms with van der Waals surface area (Å²) in [5.74, 6) is -0.126. The van der Waals surface area contributed by atoms with E-state index in [1.165, 1.54) is 24.0 Å². The van der Waals surface area contributed by atoms with E-state index in [0.717, 1.165) is 29.5 Å². The average molecular weight is 437 g/mol. The number of nitrogens with one attached hydrogen (secondary N) is 1. The Morgan fingerprint density at radius 3 is 2.64 bits per heavy atom. The van der Waals surface area contributed by atoms with Crippen LogP contribution in [0.3, 0.4) is 0 Å². The van der Waals surface area contributed by atoms with Crippen LogP contribution in [0.4, 0.5) is 0 Å². The van der Waals surface area contributed by atoms with Crippen LogP contribution in [0.2, 0.25) is 0 Å². The molecule has 1 atom stereocenters. The van der Waals surface area contributed by atoms with Crippen LogP contribution in [0, 0.1) is 0 Å². The van der Waals surface area contributed by atoms with E-state index in [2.05, 4.69) is 40.6 Å². The van der Waals surface area contributed by atoms with E-state index in [1.807, 2.05) is 48.1 Å². The van der Waals surface area contributed by atoms with Crippen molar-refractivity contribution in [3.05, 3.63) is 107 Å². The minimum absolute atomic E-state index is 0.0936. The number of rotatable bonds is 6. The maximum absolute atomic E-state index is 13.4. The van der Waals surface area contributed by atoms with Crippen LogP contribution in [-0.2, 0) is 19.4 Å². The number of carbonyl (C=O) groups excluding carboxylic acids is 1. The maximum atomic E-state index is 13.4. The van der Waals surface area contributed by atoms with E-state index in [4.69, 9.17) is 5.10 Å². The molecule has 1 unspecified atom stereocenters. The highest BCUT2D eigenvalue weighted by atomic mass is 16.1. The predicted molar refractivity (Wildman–Crippen MR) is 130 cm³/mol. The lowest BCUT2D eigenvalue weighted by molar-refractivity contribution is 0.0940. The highest BCUT2D eigenvalue weighted by Crippen LogP contribution is 2.26. The summed E-state index contributed by atoms with van der Waals surface area (Å²) >= 11 is 0. The zero-order chi connectivity index (χ0) is 22.6. The first-order chi connectivity index (χ1) is 16.2. The SMILES string of the molecule is CC(NC(=O)c1cn(Cc2ccccc2)nc1-c1cccnc1)c1ccc2c(c1)CCCC2. The van der Waals surface area contributed by atoms with Gasteiger partial charge in [-0.2, -0.15) is 5.10 Å². The molecule has 2 aromatic heterocycles. The number of aryl methyl sites for hydroxylation is 2. The fourth-order valence-electron chi connectivity index (χ4n) is 4.54. The number of pyridine rings is 1. The van der Waals surface area contributed by atoms with Gasteiger partial charge in [-0.25, -0.2) is 0 Å². The van der Waals surface area contributed by atoms with Gasteiger partial charge >= 0.3 is 0 Å². The van der Waals surface area contributed by atoms with Gasteiger partial charge in [0.25, 0.3) is 5.91 Å². The summed E-state index contributed by atoms with van der Waals surface area (Å²) in [6.45, 7) is 2.64. The first-order valence-electron chi connectivity index (χ1n) is 11.6. The van der Waals surface area contributed by atoms with Crippen molar-refractivity contribution in [2.24, 2.45) is 0 Å². The standard InChI is InChI=1S/C28H28N4O/c1-20(23-14-13-22-10-5-6-11-24(22)16-23)30-28(33)26-19-32(18-21-8-3-2-4-9-21)31-27(26)25-12-7-15-29-17-25/h2-4,7-9,12-17,19-20H,5-6,10-11,18H2,1H3,(H,30,33). The molecule has 2 heterocycles. The monoisotopic (exact) mass is 436 g/mol. The molecule has 5 rings (SSSR count). The Bertz CT molecular complexity index is 1250. The number of fused-ring (bicyclic) bond motifs is 1. The van der Waals surface area contributed by atoms with Gasteiger partial charge in [-0.3, -0.25) is 14.5 Å². The number of hydrogen-bond donors (Lipinski definition) is 1. The van der Waals surface area contributed by atoms with E-state index >= 15 is 0 Å². The molecule has 0 saturated heterocycles. The molecule has 0 aliphatic heterocycles. The Labute approximate surface area is 194 Å². The summed E-state index contributed by atoms with van der Waals surface area (Å²) in [5, 5.41) is 7.94. The normalized spacial score (nSPS) is 13.8. The maximum Gasteiger partial charge on any atom is 0.255 e. The number of amides is 1. The number of carbonyl (C=O) groups is 1. The number of nitrogens with zero attached hydrogens (tertiary/aromatic N) is 3. The molecule has 1 N–H and O–H groups in total. The zero-order valence-electron chi connectivity index (χ0n) is 18.9. The molecular formula is C28H28N4O. The van der Waals surface area contributed by atoms with E-state index in [0.29, 0.717) is 17.8 Å². The third-order valence-electron chi connectivity index (χ3n) is 6.35. The van der Waals surface area contributed by atoms with E-state index in [9.17, 15) is 4.79 Å². The van der Waals surface area contributed by atoms with Crippen molar-refractivity contribution < 1.29 is 4.79 Å². The predicted octanol–water partition coefficient (Wildman–Crippen LogP) is 5.36. The topological polar surface area (TPSA) is 59.8 Å². The van der Waals surface area contributed by atoms with Gasteiger partial charge in [0.2, 0.25) is 0 Å². The Morgan fingerprint density at radius 2 is 1.85 bits per heavy atom. The minimum atomic E-state index is -0.126. The van der Waals surface area contributed by atoms with Crippen LogP contribution in [0.5, 0.6) is 0 Å². The van der Waals surface area contributed by atoms with Gasteiger partial charge in [-0.1, -0.05) is 48.5 Å². The second-order valence-corrected chi connectivity index (χ2v) is 8.75. The fourth-order valence-corrected chi connectivity index (χ4v) is 4.54. The van der Waals surface area contributed by atoms with Crippen LogP contribution >= 0.6 is 0 Å². The Morgan fingerprint density at radius 1 is 1.03 bits per heavy atom. The molecule has 0 bridgehead atoms. The molecule has 166 valence electrons. The van der Waals surface area contributed by atoms with Crippen LogP contribution in [0.1, 0.15) is 58.4 Å². The molecule has 5 nitrogen and oxygen atoms in total. The van der Waals surface area contributed by atoms with Crippen molar-refractivity contribution >= 4 is 5.91 Å². The molecule has 4 aromatic rings. The van der Waals surface area contributed by atoms with Gasteiger partial charge in [0.05, 0.1) is 18.2 Å². The molecule has 5 heteroatoms. The van der Waals surface area contributed by atoms with Crippen molar-refractivity contribution in [3.63, 3.8) is 0 Å². The summed E-state index contributed by atoms with van der Waals surface area (Å²) in [6.07, 6.45) is 10.1. The average Bonchev–Trinajstić information content (AvgIpc) is 3.29. The van der Waals surface area contributed by atoms with Crippen molar-refractivity contribution in [3.8, 4) is 11.3 Å². The molecule has 1 amide bonds. The molecule has 1 aliphatic carbocycles. The molecule has 1 aliphatic rings. The third kappa shape index (κ3) is 4.72. The quantitative estimate of drug-likeness (QED) is 0.442. The lowest BCUT2D eigenvalue weighted by atomic mass is 9.89. The first kappa shape index (κ1) is 21.1. The van der Waals surface area contributed by atoms with Gasteiger partial charge in [-0.15, -0.1) is 0 Å². The lowest BCUT2D eigenvalue weighted by Gasteiger charge is -2.20. The smallest absolute Gasteiger partial charge is 0.255 e. The van der Waals surface area contributed by atoms with Gasteiger partial charge in [0.1, 0.15) is 5.69 Å². The Kier molecular flexibility index (Phi) is 6.03. The summed E-state index contributed by atoms with van der Waals surface area (Å²) in [5.41, 5.74) is 7.18. The molecule has 2 aromatic carbocycles. The van der Waals surface area contributed by atoms with Crippen LogP contribution in [-0.4, -0.2) is 20.7 Å². The number of aromatic nitrogens is 3. The van der Waals surface area contributed by atoms with E-state index in [1.54, 1.807) is 12.4 Å². The third-order valence-corrected chi connectivity index (χ3v) is 6.35. The van der Waals surface area contributed by atoms with Crippen molar-refractivity contribution in [2.75, 3.05) is 0 Å². The zero-order valence-corrected chi connectivity index (χ0v) is 18.9. The van der Waals surface area contributed by atoms with Crippen LogP contribution in [0.25, 0.3) is 11.3 Å². The van der Waals surface area contributed by atoms with Gasteiger partial charge in [0, 0.05) is 24.2 Å². The van der Waals surface area contributed by atoms with Crippen molar-refractivity contribution in [1.82, 2.24) is 20.1 Å². The van der Waals surface area contributed by atoms with Gasteiger partial charge in [0.15, 0.2) is 0 Å². The van der Waals surface area contributed by atoms with Gasteiger partial charge in [-0.05, 0) is 67.0 Å². The van der Waals surface area contributed by atoms with Crippen LogP contribution in [0.15, 0.2) is 79.3 Å². The summed E-state index contributed by atoms with van der Waals surface area (Å²) in [7, 11) is 0. The van der Waals surface area contributed by atoms with Gasteiger partial charge < -0.3 is 5.32 Å². The number of hydrogen-bond acceptors (Lipinski definition) is 3. The van der Waals surface area contributed by atoms with E-state index in [-0.39, 0.29) is 11.9 Å². The van der Waals surface area contributed by atoms with Crippen molar-refractivity contribution in [2.45, 2.75) is 45.2 Å². The highest BCUT2D eigenvalue weighted by molar-refractivity contribution is 6.00. The molecular weight excluding hydrogens is 408 g/mol. The molecule has 0 fully saturated rings. The first-order valence-corrected chi connectivity index (χ1v) is 11.6. The Balaban J connectivity index is 1.41. The molecule has 0 spiro atoms.